The summed E-state index contributed by atoms with van der Waals surface area (Å²) in [7, 11) is 1.97. The standard InChI is InChI=1S/C12H18N4O/c1-8(17)3-4-16(2)12-6-11-9(5-10(12)13)7-14-15-11/h5-8,17H,3-4,13H2,1-2H3,(H,14,15). The number of fused-ring (bicyclic) bond motifs is 1. The van der Waals surface area contributed by atoms with Gasteiger partial charge in [0.15, 0.2) is 0 Å². The van der Waals surface area contributed by atoms with Gasteiger partial charge in [0.05, 0.1) is 29.2 Å². The summed E-state index contributed by atoms with van der Waals surface area (Å²) in [5.41, 5.74) is 8.67. The molecule has 0 amide bonds. The van der Waals surface area contributed by atoms with E-state index < -0.39 is 0 Å². The van der Waals surface area contributed by atoms with Gasteiger partial charge >= 0.3 is 0 Å². The number of nitrogens with zero attached hydrogens (tertiary/aromatic N) is 2. The Morgan fingerprint density at radius 1 is 1.53 bits per heavy atom. The first-order valence-corrected chi connectivity index (χ1v) is 5.69. The lowest BCUT2D eigenvalue weighted by atomic mass is 10.2. The van der Waals surface area contributed by atoms with E-state index in [0.29, 0.717) is 0 Å². The predicted molar refractivity (Wildman–Crippen MR) is 70.1 cm³/mol. The van der Waals surface area contributed by atoms with Crippen LogP contribution in [-0.2, 0) is 0 Å². The number of aromatic nitrogens is 2. The van der Waals surface area contributed by atoms with Gasteiger partial charge in [-0.3, -0.25) is 5.10 Å². The van der Waals surface area contributed by atoms with Crippen LogP contribution < -0.4 is 10.6 Å². The molecule has 17 heavy (non-hydrogen) atoms. The number of benzene rings is 1. The number of aliphatic hydroxyl groups excluding tert-OH is 1. The highest BCUT2D eigenvalue weighted by atomic mass is 16.3. The van der Waals surface area contributed by atoms with Crippen LogP contribution >= 0.6 is 0 Å². The Morgan fingerprint density at radius 3 is 3.00 bits per heavy atom. The zero-order valence-corrected chi connectivity index (χ0v) is 10.1. The maximum Gasteiger partial charge on any atom is 0.0672 e. The molecular weight excluding hydrogens is 216 g/mol. The van der Waals surface area contributed by atoms with Crippen molar-refractivity contribution in [3.05, 3.63) is 18.3 Å². The van der Waals surface area contributed by atoms with Gasteiger partial charge in [0, 0.05) is 19.0 Å². The van der Waals surface area contributed by atoms with Crippen LogP contribution in [0.15, 0.2) is 18.3 Å². The summed E-state index contributed by atoms with van der Waals surface area (Å²) in [6.07, 6.45) is 2.18. The summed E-state index contributed by atoms with van der Waals surface area (Å²) in [6.45, 7) is 2.55. The third kappa shape index (κ3) is 2.50. The first-order chi connectivity index (χ1) is 8.08. The van der Waals surface area contributed by atoms with Crippen LogP contribution in [0.2, 0.25) is 0 Å². The van der Waals surface area contributed by atoms with E-state index in [2.05, 4.69) is 10.2 Å². The number of nitrogen functional groups attached to an aromatic ring is 1. The molecular formula is C12H18N4O. The number of aliphatic hydroxyl groups is 1. The SMILES string of the molecule is CC(O)CCN(C)c1cc2[nH]ncc2cc1N. The number of hydrogen-bond acceptors (Lipinski definition) is 4. The Morgan fingerprint density at radius 2 is 2.29 bits per heavy atom. The molecule has 1 aromatic carbocycles. The molecule has 1 atom stereocenters. The van der Waals surface area contributed by atoms with E-state index in [1.165, 1.54) is 0 Å². The van der Waals surface area contributed by atoms with Gasteiger partial charge in [-0.05, 0) is 25.5 Å². The van der Waals surface area contributed by atoms with Crippen LogP contribution in [0, 0.1) is 0 Å². The molecule has 0 bridgehead atoms. The number of rotatable bonds is 4. The van der Waals surface area contributed by atoms with Gasteiger partial charge in [-0.2, -0.15) is 5.10 Å². The Kier molecular flexibility index (Phi) is 3.19. The van der Waals surface area contributed by atoms with Crippen molar-refractivity contribution >= 4 is 22.3 Å². The van der Waals surface area contributed by atoms with Gasteiger partial charge in [-0.1, -0.05) is 0 Å². The minimum Gasteiger partial charge on any atom is -0.397 e. The van der Waals surface area contributed by atoms with Crippen LogP contribution in [-0.4, -0.2) is 35.0 Å². The number of nitrogens with two attached hydrogens (primary N) is 1. The van der Waals surface area contributed by atoms with E-state index in [4.69, 9.17) is 5.73 Å². The van der Waals surface area contributed by atoms with Crippen molar-refractivity contribution in [1.29, 1.82) is 0 Å². The van der Waals surface area contributed by atoms with Gasteiger partial charge in [0.25, 0.3) is 0 Å². The van der Waals surface area contributed by atoms with Crippen molar-refractivity contribution in [2.75, 3.05) is 24.2 Å². The second-order valence-electron chi connectivity index (χ2n) is 4.43. The maximum absolute atomic E-state index is 9.28. The molecule has 5 nitrogen and oxygen atoms in total. The highest BCUT2D eigenvalue weighted by Crippen LogP contribution is 2.27. The summed E-state index contributed by atoms with van der Waals surface area (Å²) in [4.78, 5) is 2.04. The molecule has 0 aliphatic carbocycles. The van der Waals surface area contributed by atoms with Crippen molar-refractivity contribution in [1.82, 2.24) is 10.2 Å². The van der Waals surface area contributed by atoms with Gasteiger partial charge < -0.3 is 15.7 Å². The van der Waals surface area contributed by atoms with Gasteiger partial charge in [0.2, 0.25) is 0 Å². The van der Waals surface area contributed by atoms with Crippen LogP contribution in [0.1, 0.15) is 13.3 Å². The summed E-state index contributed by atoms with van der Waals surface area (Å²) < 4.78 is 0. The highest BCUT2D eigenvalue weighted by Gasteiger charge is 2.09. The highest BCUT2D eigenvalue weighted by molar-refractivity contribution is 5.88. The van der Waals surface area contributed by atoms with Gasteiger partial charge in [0.1, 0.15) is 0 Å². The molecule has 5 heteroatoms. The normalized spacial score (nSPS) is 12.9. The lowest BCUT2D eigenvalue weighted by Gasteiger charge is -2.21. The molecule has 2 rings (SSSR count). The first-order valence-electron chi connectivity index (χ1n) is 5.69. The molecule has 0 fully saturated rings. The number of aromatic amines is 1. The molecule has 0 spiro atoms. The van der Waals surface area contributed by atoms with Crippen molar-refractivity contribution in [2.45, 2.75) is 19.4 Å². The molecule has 0 aliphatic rings. The fourth-order valence-corrected chi connectivity index (χ4v) is 1.83. The third-order valence-electron chi connectivity index (χ3n) is 2.88. The zero-order valence-electron chi connectivity index (χ0n) is 10.1. The fraction of sp³-hybridized carbons (Fsp3) is 0.417. The quantitative estimate of drug-likeness (QED) is 0.698. The van der Waals surface area contributed by atoms with E-state index in [-0.39, 0.29) is 6.10 Å². The fourth-order valence-electron chi connectivity index (χ4n) is 1.83. The third-order valence-corrected chi connectivity index (χ3v) is 2.88. The van der Waals surface area contributed by atoms with Crippen molar-refractivity contribution in [3.8, 4) is 0 Å². The topological polar surface area (TPSA) is 78.2 Å². The molecule has 0 saturated carbocycles. The Labute approximate surface area is 100 Å². The van der Waals surface area contributed by atoms with E-state index in [0.717, 1.165) is 35.2 Å². The molecule has 4 N–H and O–H groups in total. The van der Waals surface area contributed by atoms with E-state index in [1.54, 1.807) is 13.1 Å². The summed E-state index contributed by atoms with van der Waals surface area (Å²) >= 11 is 0. The summed E-state index contributed by atoms with van der Waals surface area (Å²) in [6, 6.07) is 3.90. The average Bonchev–Trinajstić information content (AvgIpc) is 2.71. The Bertz CT molecular complexity index is 506. The second kappa shape index (κ2) is 4.63. The second-order valence-corrected chi connectivity index (χ2v) is 4.43. The van der Waals surface area contributed by atoms with Crippen LogP contribution in [0.3, 0.4) is 0 Å². The van der Waals surface area contributed by atoms with Crippen LogP contribution in [0.25, 0.3) is 10.9 Å². The van der Waals surface area contributed by atoms with Crippen LogP contribution in [0.5, 0.6) is 0 Å². The number of H-pyrrole nitrogens is 1. The monoisotopic (exact) mass is 234 g/mol. The molecule has 0 saturated heterocycles. The molecule has 1 heterocycles. The summed E-state index contributed by atoms with van der Waals surface area (Å²) in [5, 5.41) is 17.2. The zero-order chi connectivity index (χ0) is 12.4. The Hall–Kier alpha value is -1.75. The molecule has 1 unspecified atom stereocenters. The molecule has 1 aromatic heterocycles. The molecule has 92 valence electrons. The van der Waals surface area contributed by atoms with Gasteiger partial charge in [-0.15, -0.1) is 0 Å². The molecule has 0 aliphatic heterocycles. The van der Waals surface area contributed by atoms with Crippen LogP contribution in [0.4, 0.5) is 11.4 Å². The number of nitrogens with one attached hydrogen (secondary N) is 1. The van der Waals surface area contributed by atoms with Crippen molar-refractivity contribution in [2.24, 2.45) is 0 Å². The van der Waals surface area contributed by atoms with Crippen molar-refractivity contribution in [3.63, 3.8) is 0 Å². The van der Waals surface area contributed by atoms with E-state index >= 15 is 0 Å². The predicted octanol–water partition coefficient (Wildman–Crippen LogP) is 1.35. The first kappa shape index (κ1) is 11.7. The lowest BCUT2D eigenvalue weighted by molar-refractivity contribution is 0.187. The molecule has 0 radical (unpaired) electrons. The summed E-state index contributed by atoms with van der Waals surface area (Å²) in [5.74, 6) is 0. The minimum atomic E-state index is -0.297. The van der Waals surface area contributed by atoms with E-state index in [1.807, 2.05) is 24.1 Å². The Balaban J connectivity index is 2.24. The minimum absolute atomic E-state index is 0.297. The lowest BCUT2D eigenvalue weighted by Crippen LogP contribution is -2.22. The van der Waals surface area contributed by atoms with Gasteiger partial charge in [-0.25, -0.2) is 0 Å². The number of hydrogen-bond donors (Lipinski definition) is 3. The number of anilines is 2. The van der Waals surface area contributed by atoms with E-state index in [9.17, 15) is 5.11 Å². The maximum atomic E-state index is 9.28. The smallest absolute Gasteiger partial charge is 0.0672 e. The largest absolute Gasteiger partial charge is 0.397 e. The molecule has 2 aromatic rings. The average molecular weight is 234 g/mol. The van der Waals surface area contributed by atoms with Crippen molar-refractivity contribution < 1.29 is 5.11 Å².